The van der Waals surface area contributed by atoms with Crippen LogP contribution in [-0.4, -0.2) is 6.21 Å². The third-order valence-corrected chi connectivity index (χ3v) is 5.81. The highest BCUT2D eigenvalue weighted by Crippen LogP contribution is 2.46. The molecule has 1 aliphatic rings. The van der Waals surface area contributed by atoms with Crippen molar-refractivity contribution in [2.45, 2.75) is 19.3 Å². The van der Waals surface area contributed by atoms with Crippen LogP contribution in [0.15, 0.2) is 108 Å². The van der Waals surface area contributed by atoms with E-state index in [4.69, 9.17) is 5.10 Å². The minimum absolute atomic E-state index is 0.493. The number of hydrogen-bond donors (Lipinski definition) is 0. The van der Waals surface area contributed by atoms with Gasteiger partial charge in [-0.3, -0.25) is 0 Å². The van der Waals surface area contributed by atoms with Crippen LogP contribution < -0.4 is 5.01 Å². The lowest BCUT2D eigenvalue weighted by molar-refractivity contribution is 0.797. The molecule has 0 radical (unpaired) electrons. The minimum Gasteiger partial charge on any atom is -0.234 e. The fourth-order valence-corrected chi connectivity index (χ4v) is 4.39. The van der Waals surface area contributed by atoms with Crippen molar-refractivity contribution < 1.29 is 0 Å². The Balaban J connectivity index is 1.53. The smallest absolute Gasteiger partial charge is 0.0652 e. The zero-order valence-corrected chi connectivity index (χ0v) is 17.1. The Morgan fingerprint density at radius 1 is 0.700 bits per heavy atom. The predicted molar refractivity (Wildman–Crippen MR) is 127 cm³/mol. The Kier molecular flexibility index (Phi) is 4.90. The molecule has 146 valence electrons. The number of para-hydroxylation sites is 2. The van der Waals surface area contributed by atoms with Gasteiger partial charge < -0.3 is 0 Å². The van der Waals surface area contributed by atoms with Crippen molar-refractivity contribution in [2.75, 3.05) is 5.01 Å². The number of fused-ring (bicyclic) bond motifs is 3. The molecule has 0 heterocycles. The molecule has 2 heteroatoms. The summed E-state index contributed by atoms with van der Waals surface area (Å²) in [6.07, 6.45) is 3.08. The van der Waals surface area contributed by atoms with Gasteiger partial charge in [-0.1, -0.05) is 79.7 Å². The zero-order valence-electron chi connectivity index (χ0n) is 17.1. The van der Waals surface area contributed by atoms with Crippen molar-refractivity contribution in [2.24, 2.45) is 5.10 Å². The molecule has 0 saturated heterocycles. The maximum Gasteiger partial charge on any atom is 0.0652 e. The van der Waals surface area contributed by atoms with E-state index in [1.165, 1.54) is 22.3 Å². The first-order valence-corrected chi connectivity index (χ1v) is 10.5. The van der Waals surface area contributed by atoms with Gasteiger partial charge in [0.2, 0.25) is 0 Å². The van der Waals surface area contributed by atoms with Gasteiger partial charge in [-0.05, 0) is 64.6 Å². The lowest BCUT2D eigenvalue weighted by Crippen LogP contribution is -2.09. The van der Waals surface area contributed by atoms with E-state index in [-0.39, 0.29) is 0 Å². The SMILES string of the molecule is CCC1c2ccccc2-c2cc(/C=N/N(c3ccccc3)c3ccccc3)ccc21. The van der Waals surface area contributed by atoms with Crippen molar-refractivity contribution in [1.29, 1.82) is 0 Å². The molecular weight excluding hydrogens is 364 g/mol. The van der Waals surface area contributed by atoms with Crippen LogP contribution in [0.1, 0.15) is 36.0 Å². The van der Waals surface area contributed by atoms with Crippen molar-refractivity contribution in [3.8, 4) is 11.1 Å². The van der Waals surface area contributed by atoms with Gasteiger partial charge in [0.05, 0.1) is 17.6 Å². The second-order valence-corrected chi connectivity index (χ2v) is 7.62. The molecule has 1 atom stereocenters. The van der Waals surface area contributed by atoms with E-state index in [0.29, 0.717) is 5.92 Å². The molecule has 4 aromatic rings. The second kappa shape index (κ2) is 8.00. The standard InChI is InChI=1S/C28H24N2/c1-2-24-25-15-9-10-16-26(25)28-19-21(17-18-27(24)28)20-29-30(22-11-5-3-6-12-22)23-13-7-4-8-14-23/h3-20,24H,2H2,1H3/b29-20+. The molecular formula is C28H24N2. The van der Waals surface area contributed by atoms with Gasteiger partial charge in [0.1, 0.15) is 0 Å². The third kappa shape index (κ3) is 3.31. The van der Waals surface area contributed by atoms with Gasteiger partial charge in [0.25, 0.3) is 0 Å². The molecule has 0 bridgehead atoms. The summed E-state index contributed by atoms with van der Waals surface area (Å²) in [6.45, 7) is 2.27. The summed E-state index contributed by atoms with van der Waals surface area (Å²) in [5, 5.41) is 6.85. The molecule has 0 fully saturated rings. The first-order valence-electron chi connectivity index (χ1n) is 10.5. The van der Waals surface area contributed by atoms with E-state index < -0.39 is 0 Å². The van der Waals surface area contributed by atoms with Gasteiger partial charge in [0, 0.05) is 5.92 Å². The van der Waals surface area contributed by atoms with Crippen molar-refractivity contribution in [3.05, 3.63) is 120 Å². The summed E-state index contributed by atoms with van der Waals surface area (Å²) < 4.78 is 0. The molecule has 0 N–H and O–H groups in total. The molecule has 30 heavy (non-hydrogen) atoms. The first-order chi connectivity index (χ1) is 14.8. The molecule has 0 spiro atoms. The fraction of sp³-hybridized carbons (Fsp3) is 0.107. The molecule has 1 unspecified atom stereocenters. The van der Waals surface area contributed by atoms with Gasteiger partial charge in [-0.25, -0.2) is 5.01 Å². The van der Waals surface area contributed by atoms with E-state index in [9.17, 15) is 0 Å². The summed E-state index contributed by atoms with van der Waals surface area (Å²) in [7, 11) is 0. The highest BCUT2D eigenvalue weighted by molar-refractivity contribution is 5.87. The van der Waals surface area contributed by atoms with Gasteiger partial charge >= 0.3 is 0 Å². The highest BCUT2D eigenvalue weighted by Gasteiger charge is 2.26. The number of hydrogen-bond acceptors (Lipinski definition) is 2. The van der Waals surface area contributed by atoms with Crippen LogP contribution in [0, 0.1) is 0 Å². The summed E-state index contributed by atoms with van der Waals surface area (Å²) in [4.78, 5) is 0. The average molecular weight is 389 g/mol. The molecule has 4 aromatic carbocycles. The number of anilines is 2. The zero-order chi connectivity index (χ0) is 20.3. The van der Waals surface area contributed by atoms with Crippen molar-refractivity contribution in [3.63, 3.8) is 0 Å². The lowest BCUT2D eigenvalue weighted by Gasteiger charge is -2.19. The number of hydrazone groups is 1. The third-order valence-electron chi connectivity index (χ3n) is 5.81. The van der Waals surface area contributed by atoms with Gasteiger partial charge in [0.15, 0.2) is 0 Å². The van der Waals surface area contributed by atoms with E-state index in [1.54, 1.807) is 0 Å². The monoisotopic (exact) mass is 388 g/mol. The summed E-state index contributed by atoms with van der Waals surface area (Å²) in [5.41, 5.74) is 8.76. The quantitative estimate of drug-likeness (QED) is 0.257. The number of rotatable bonds is 5. The maximum absolute atomic E-state index is 4.86. The Hall–Kier alpha value is -3.65. The second-order valence-electron chi connectivity index (χ2n) is 7.62. The normalized spacial score (nSPS) is 14.5. The molecule has 0 amide bonds. The van der Waals surface area contributed by atoms with E-state index in [1.807, 2.05) is 47.6 Å². The molecule has 0 aliphatic heterocycles. The Morgan fingerprint density at radius 2 is 1.30 bits per heavy atom. The highest BCUT2D eigenvalue weighted by atomic mass is 15.5. The predicted octanol–water partition coefficient (Wildman–Crippen LogP) is 7.38. The van der Waals surface area contributed by atoms with E-state index >= 15 is 0 Å². The molecule has 0 saturated carbocycles. The molecule has 1 aliphatic carbocycles. The Morgan fingerprint density at radius 3 is 1.97 bits per heavy atom. The number of nitrogens with zero attached hydrogens (tertiary/aromatic N) is 2. The van der Waals surface area contributed by atoms with E-state index in [0.717, 1.165) is 23.4 Å². The van der Waals surface area contributed by atoms with Crippen molar-refractivity contribution >= 4 is 17.6 Å². The summed E-state index contributed by atoms with van der Waals surface area (Å²) >= 11 is 0. The lowest BCUT2D eigenvalue weighted by atomic mass is 9.94. The van der Waals surface area contributed by atoms with Crippen molar-refractivity contribution in [1.82, 2.24) is 0 Å². The Labute approximate surface area is 178 Å². The van der Waals surface area contributed by atoms with Crippen LogP contribution in [0.5, 0.6) is 0 Å². The summed E-state index contributed by atoms with van der Waals surface area (Å²) in [6, 6.07) is 36.1. The topological polar surface area (TPSA) is 15.6 Å². The van der Waals surface area contributed by atoms with E-state index in [2.05, 4.69) is 73.7 Å². The molecule has 2 nitrogen and oxygen atoms in total. The minimum atomic E-state index is 0.493. The largest absolute Gasteiger partial charge is 0.234 e. The van der Waals surface area contributed by atoms with Crippen LogP contribution >= 0.6 is 0 Å². The molecule has 0 aromatic heterocycles. The Bertz CT molecular complexity index is 1140. The summed E-state index contributed by atoms with van der Waals surface area (Å²) in [5.74, 6) is 0.493. The van der Waals surface area contributed by atoms with Gasteiger partial charge in [-0.2, -0.15) is 5.10 Å². The average Bonchev–Trinajstić information content (AvgIpc) is 3.14. The van der Waals surface area contributed by atoms with Crippen LogP contribution in [-0.2, 0) is 0 Å². The first kappa shape index (κ1) is 18.4. The van der Waals surface area contributed by atoms with Crippen LogP contribution in [0.2, 0.25) is 0 Å². The van der Waals surface area contributed by atoms with Crippen LogP contribution in [0.4, 0.5) is 11.4 Å². The molecule has 5 rings (SSSR count). The fourth-order valence-electron chi connectivity index (χ4n) is 4.39. The van der Waals surface area contributed by atoms with Crippen LogP contribution in [0.25, 0.3) is 11.1 Å². The van der Waals surface area contributed by atoms with Gasteiger partial charge in [-0.15, -0.1) is 0 Å². The maximum atomic E-state index is 4.86. The number of benzene rings is 4. The van der Waals surface area contributed by atoms with Crippen LogP contribution in [0.3, 0.4) is 0 Å².